The molecule has 0 bridgehead atoms. The van der Waals surface area contributed by atoms with Crippen molar-refractivity contribution in [2.75, 3.05) is 12.4 Å². The topological polar surface area (TPSA) is 225 Å². The van der Waals surface area contributed by atoms with Crippen LogP contribution in [0.5, 0.6) is 0 Å². The van der Waals surface area contributed by atoms with Gasteiger partial charge in [0.15, 0.2) is 18.1 Å². The lowest BCUT2D eigenvalue weighted by Gasteiger charge is -2.35. The molecule has 1 saturated heterocycles. The van der Waals surface area contributed by atoms with Crippen molar-refractivity contribution in [3.63, 3.8) is 0 Å². The number of anilines is 1. The van der Waals surface area contributed by atoms with E-state index in [1.165, 1.54) is 7.11 Å². The number of benzene rings is 1. The molecule has 40 heavy (non-hydrogen) atoms. The molecule has 0 radical (unpaired) electrons. The number of aromatic amines is 1. The lowest BCUT2D eigenvalue weighted by molar-refractivity contribution is -0.241. The van der Waals surface area contributed by atoms with E-state index in [0.717, 1.165) is 34.0 Å². The minimum atomic E-state index is -1.79. The number of methoxy groups -OCH3 is 1. The van der Waals surface area contributed by atoms with Crippen molar-refractivity contribution in [3.8, 4) is 0 Å². The van der Waals surface area contributed by atoms with E-state index in [1.807, 2.05) is 18.0 Å². The standard InChI is InChI=1S/C25H30N4O11/c1-10-4-5-12(11(2)8-10)27-22(35)14-9-13(30)16(32)24(38-14)40-20(21(26)34)19-18(37-3)17(33)23(39-19)29-7-6-15(31)28-25(29)36/h4-9,13,16-20,23-24,30,32-33H,1-3H3,(H2,26,34)(H,27,35)(H,28,31,36)/t13-,16-,17+,18-,19-,20+,23+,24+/m0/s1. The van der Waals surface area contributed by atoms with Crippen LogP contribution in [0, 0.1) is 13.8 Å². The first-order valence-electron chi connectivity index (χ1n) is 12.2. The number of amides is 2. The number of nitrogens with one attached hydrogen (secondary N) is 2. The van der Waals surface area contributed by atoms with Crippen LogP contribution < -0.4 is 22.3 Å². The van der Waals surface area contributed by atoms with Crippen LogP contribution in [-0.4, -0.2) is 86.7 Å². The molecule has 15 nitrogen and oxygen atoms in total. The van der Waals surface area contributed by atoms with Crippen molar-refractivity contribution in [1.82, 2.24) is 9.55 Å². The largest absolute Gasteiger partial charge is 0.456 e. The predicted octanol–water partition coefficient (Wildman–Crippen LogP) is -2.10. The van der Waals surface area contributed by atoms with E-state index in [4.69, 9.17) is 24.7 Å². The Morgan fingerprint density at radius 3 is 2.50 bits per heavy atom. The normalized spacial score (nSPS) is 28.9. The van der Waals surface area contributed by atoms with Gasteiger partial charge in [0, 0.05) is 25.1 Å². The maximum Gasteiger partial charge on any atom is 0.330 e. The van der Waals surface area contributed by atoms with Crippen LogP contribution in [0.15, 0.2) is 51.9 Å². The summed E-state index contributed by atoms with van der Waals surface area (Å²) in [5.41, 5.74) is 6.19. The molecule has 0 aliphatic carbocycles. The number of primary amides is 1. The number of aliphatic hydroxyl groups is 3. The fourth-order valence-electron chi connectivity index (χ4n) is 4.53. The minimum absolute atomic E-state index is 0.403. The highest BCUT2D eigenvalue weighted by molar-refractivity contribution is 6.02. The summed E-state index contributed by atoms with van der Waals surface area (Å²) in [7, 11) is 1.20. The van der Waals surface area contributed by atoms with Crippen LogP contribution in [0.4, 0.5) is 5.69 Å². The summed E-state index contributed by atoms with van der Waals surface area (Å²) >= 11 is 0. The molecule has 1 aromatic heterocycles. The number of hydrogen-bond donors (Lipinski definition) is 6. The third-order valence-electron chi connectivity index (χ3n) is 6.55. The van der Waals surface area contributed by atoms with Crippen LogP contribution in [0.1, 0.15) is 17.4 Å². The molecular formula is C25H30N4O11. The molecule has 0 saturated carbocycles. The van der Waals surface area contributed by atoms with Crippen molar-refractivity contribution in [2.45, 2.75) is 63.0 Å². The van der Waals surface area contributed by atoms with E-state index < -0.39 is 78.0 Å². The summed E-state index contributed by atoms with van der Waals surface area (Å²) < 4.78 is 23.0. The van der Waals surface area contributed by atoms with Crippen molar-refractivity contribution in [2.24, 2.45) is 5.73 Å². The van der Waals surface area contributed by atoms with Gasteiger partial charge in [-0.15, -0.1) is 0 Å². The Hall–Kier alpha value is -3.86. The highest BCUT2D eigenvalue weighted by Gasteiger charge is 2.52. The Labute approximate surface area is 226 Å². The van der Waals surface area contributed by atoms with E-state index in [1.54, 1.807) is 19.1 Å². The number of aliphatic hydroxyl groups excluding tert-OH is 3. The number of carbonyl (C=O) groups is 2. The third-order valence-corrected chi connectivity index (χ3v) is 6.55. The van der Waals surface area contributed by atoms with Crippen LogP contribution in [0.25, 0.3) is 0 Å². The number of H-pyrrole nitrogens is 1. The summed E-state index contributed by atoms with van der Waals surface area (Å²) in [6.07, 6.45) is -10.6. The zero-order valence-corrected chi connectivity index (χ0v) is 21.7. The zero-order valence-electron chi connectivity index (χ0n) is 21.7. The molecule has 0 unspecified atom stereocenters. The van der Waals surface area contributed by atoms with Crippen molar-refractivity contribution >= 4 is 17.5 Å². The predicted molar refractivity (Wildman–Crippen MR) is 136 cm³/mol. The summed E-state index contributed by atoms with van der Waals surface area (Å²) in [6, 6.07) is 6.35. The van der Waals surface area contributed by atoms with Gasteiger partial charge in [-0.3, -0.25) is 23.9 Å². The second-order valence-electron chi connectivity index (χ2n) is 9.43. The van der Waals surface area contributed by atoms with E-state index in [2.05, 4.69) is 5.32 Å². The maximum absolute atomic E-state index is 12.9. The molecule has 1 fully saturated rings. The molecule has 2 aliphatic rings. The number of nitrogens with two attached hydrogens (primary N) is 1. The molecule has 2 aliphatic heterocycles. The van der Waals surface area contributed by atoms with Gasteiger partial charge in [0.2, 0.25) is 12.2 Å². The molecular weight excluding hydrogens is 532 g/mol. The number of rotatable bonds is 8. The van der Waals surface area contributed by atoms with Gasteiger partial charge in [0.25, 0.3) is 11.5 Å². The molecule has 2 amide bonds. The van der Waals surface area contributed by atoms with Crippen LogP contribution >= 0.6 is 0 Å². The highest BCUT2D eigenvalue weighted by atomic mass is 16.7. The number of nitrogens with zero attached hydrogens (tertiary/aromatic N) is 1. The molecule has 4 rings (SSSR count). The Morgan fingerprint density at radius 1 is 1.15 bits per heavy atom. The van der Waals surface area contributed by atoms with Gasteiger partial charge in [-0.1, -0.05) is 17.7 Å². The average molecular weight is 563 g/mol. The van der Waals surface area contributed by atoms with Gasteiger partial charge < -0.3 is 45.3 Å². The highest BCUT2D eigenvalue weighted by Crippen LogP contribution is 2.34. The van der Waals surface area contributed by atoms with Crippen LogP contribution in [-0.2, 0) is 28.5 Å². The van der Waals surface area contributed by atoms with Crippen molar-refractivity contribution in [1.29, 1.82) is 0 Å². The molecule has 8 atom stereocenters. The van der Waals surface area contributed by atoms with Gasteiger partial charge in [0.05, 0.1) is 0 Å². The molecule has 2 aromatic rings. The number of aryl methyl sites for hydroxylation is 2. The van der Waals surface area contributed by atoms with Crippen LogP contribution in [0.3, 0.4) is 0 Å². The SMILES string of the molecule is CO[C@H]1[C@@H](O)[C@H](n2ccc(=O)[nH]c2=O)O[C@@H]1[C@@H](O[C@H]1OC(C(=O)Nc2ccc(C)cc2C)=C[C@H](O)[C@@H]1O)C(N)=O. The molecule has 15 heteroatoms. The number of carbonyl (C=O) groups excluding carboxylic acids is 2. The zero-order chi connectivity index (χ0) is 29.3. The molecule has 3 heterocycles. The lowest BCUT2D eigenvalue weighted by atomic mass is 10.0. The molecule has 216 valence electrons. The Kier molecular flexibility index (Phi) is 8.53. The average Bonchev–Trinajstić information content (AvgIpc) is 3.21. The molecule has 1 aromatic carbocycles. The first-order valence-corrected chi connectivity index (χ1v) is 12.2. The molecule has 0 spiro atoms. The summed E-state index contributed by atoms with van der Waals surface area (Å²) in [5.74, 6) is -2.30. The monoisotopic (exact) mass is 562 g/mol. The Morgan fingerprint density at radius 2 is 1.88 bits per heavy atom. The van der Waals surface area contributed by atoms with Gasteiger partial charge >= 0.3 is 5.69 Å². The fraction of sp³-hybridized carbons (Fsp3) is 0.440. The fourth-order valence-corrected chi connectivity index (χ4v) is 4.53. The van der Waals surface area contributed by atoms with Gasteiger partial charge in [0.1, 0.15) is 30.5 Å². The second kappa shape index (κ2) is 11.7. The van der Waals surface area contributed by atoms with E-state index in [0.29, 0.717) is 5.69 Å². The van der Waals surface area contributed by atoms with E-state index >= 15 is 0 Å². The number of ether oxygens (including phenoxy) is 4. The summed E-state index contributed by atoms with van der Waals surface area (Å²) in [6.45, 7) is 3.68. The van der Waals surface area contributed by atoms with E-state index in [-0.39, 0.29) is 0 Å². The van der Waals surface area contributed by atoms with Gasteiger partial charge in [-0.05, 0) is 31.6 Å². The lowest BCUT2D eigenvalue weighted by Crippen LogP contribution is -2.53. The number of hydrogen-bond acceptors (Lipinski definition) is 11. The first-order chi connectivity index (χ1) is 18.9. The van der Waals surface area contributed by atoms with Gasteiger partial charge in [-0.25, -0.2) is 4.79 Å². The van der Waals surface area contributed by atoms with Crippen molar-refractivity contribution < 1.29 is 43.9 Å². The van der Waals surface area contributed by atoms with Crippen LogP contribution in [0.2, 0.25) is 0 Å². The van der Waals surface area contributed by atoms with Crippen molar-refractivity contribution in [3.05, 3.63) is 74.3 Å². The Bertz CT molecular complexity index is 1420. The minimum Gasteiger partial charge on any atom is -0.456 e. The van der Waals surface area contributed by atoms with E-state index in [9.17, 15) is 34.5 Å². The number of aromatic nitrogens is 2. The molecule has 7 N–H and O–H groups in total. The second-order valence-corrected chi connectivity index (χ2v) is 9.43. The smallest absolute Gasteiger partial charge is 0.330 e. The van der Waals surface area contributed by atoms with Gasteiger partial charge in [-0.2, -0.15) is 0 Å². The third kappa shape index (κ3) is 5.84. The Balaban J connectivity index is 1.55. The quantitative estimate of drug-likeness (QED) is 0.204. The summed E-state index contributed by atoms with van der Waals surface area (Å²) in [5, 5.41) is 34.3. The maximum atomic E-state index is 12.9. The first kappa shape index (κ1) is 29.1. The summed E-state index contributed by atoms with van der Waals surface area (Å²) in [4.78, 5) is 51.1.